The predicted octanol–water partition coefficient (Wildman–Crippen LogP) is 0.439. The minimum absolute atomic E-state index is 0. The first-order valence-electron chi connectivity index (χ1n) is 3.40. The van der Waals surface area contributed by atoms with E-state index >= 15 is 0 Å². The van der Waals surface area contributed by atoms with Crippen LogP contribution in [0.2, 0.25) is 0 Å². The first-order valence-corrected chi connectivity index (χ1v) is 3.40. The van der Waals surface area contributed by atoms with Gasteiger partial charge in [0.25, 0.3) is 0 Å². The van der Waals surface area contributed by atoms with Crippen molar-refractivity contribution in [1.82, 2.24) is 5.43 Å². The van der Waals surface area contributed by atoms with Crippen molar-refractivity contribution in [2.45, 2.75) is 31.9 Å². The van der Waals surface area contributed by atoms with Crippen molar-refractivity contribution in [3.05, 3.63) is 0 Å². The van der Waals surface area contributed by atoms with E-state index in [-0.39, 0.29) is 12.4 Å². The summed E-state index contributed by atoms with van der Waals surface area (Å²) >= 11 is 0. The van der Waals surface area contributed by atoms with E-state index in [1.807, 2.05) is 0 Å². The summed E-state index contributed by atoms with van der Waals surface area (Å²) < 4.78 is 5.31. The van der Waals surface area contributed by atoms with Crippen molar-refractivity contribution < 1.29 is 4.74 Å². The van der Waals surface area contributed by atoms with Gasteiger partial charge in [-0.2, -0.15) is 0 Å². The van der Waals surface area contributed by atoms with E-state index in [9.17, 15) is 0 Å². The lowest BCUT2D eigenvalue weighted by atomic mass is 10.1. The Morgan fingerprint density at radius 2 is 2.30 bits per heavy atom. The zero-order chi connectivity index (χ0) is 6.69. The van der Waals surface area contributed by atoms with Gasteiger partial charge in [0.2, 0.25) is 0 Å². The number of ether oxygens (including phenoxy) is 1. The molecule has 0 spiro atoms. The average molecular weight is 167 g/mol. The molecule has 3 N–H and O–H groups in total. The number of nitrogens with one attached hydrogen (secondary N) is 1. The van der Waals surface area contributed by atoms with Crippen LogP contribution in [0.25, 0.3) is 0 Å². The van der Waals surface area contributed by atoms with E-state index in [2.05, 4.69) is 12.3 Å². The van der Waals surface area contributed by atoms with Crippen molar-refractivity contribution in [3.63, 3.8) is 0 Å². The Kier molecular flexibility index (Phi) is 4.99. The smallest absolute Gasteiger partial charge is 0.0562 e. The van der Waals surface area contributed by atoms with Crippen molar-refractivity contribution >= 4 is 12.4 Å². The fourth-order valence-corrected chi connectivity index (χ4v) is 1.15. The second kappa shape index (κ2) is 4.91. The highest BCUT2D eigenvalue weighted by Crippen LogP contribution is 2.11. The van der Waals surface area contributed by atoms with Gasteiger partial charge in [0, 0.05) is 12.6 Å². The molecular weight excluding hydrogens is 152 g/mol. The first kappa shape index (κ1) is 10.2. The Morgan fingerprint density at radius 1 is 1.60 bits per heavy atom. The molecule has 4 heteroatoms. The molecule has 3 nitrogen and oxygen atoms in total. The van der Waals surface area contributed by atoms with Crippen LogP contribution in [0.3, 0.4) is 0 Å². The van der Waals surface area contributed by atoms with Crippen LogP contribution in [-0.2, 0) is 4.74 Å². The Bertz CT molecular complexity index is 91.8. The number of hydrazine groups is 1. The molecule has 0 bridgehead atoms. The SMILES string of the molecule is C[C@H]1C[C@H](NN)CCO1.Cl. The number of hydrogen-bond donors (Lipinski definition) is 2. The zero-order valence-electron chi connectivity index (χ0n) is 6.17. The molecule has 0 radical (unpaired) electrons. The van der Waals surface area contributed by atoms with E-state index in [1.54, 1.807) is 0 Å². The summed E-state index contributed by atoms with van der Waals surface area (Å²) in [6.07, 6.45) is 2.46. The Balaban J connectivity index is 0.000000810. The molecule has 1 rings (SSSR count). The molecule has 10 heavy (non-hydrogen) atoms. The molecule has 0 amide bonds. The molecule has 0 aromatic heterocycles. The summed E-state index contributed by atoms with van der Waals surface area (Å²) in [6.45, 7) is 2.92. The lowest BCUT2D eigenvalue weighted by molar-refractivity contribution is 0.0134. The number of nitrogens with two attached hydrogens (primary N) is 1. The van der Waals surface area contributed by atoms with Crippen LogP contribution >= 0.6 is 12.4 Å². The Morgan fingerprint density at radius 3 is 2.70 bits per heavy atom. The van der Waals surface area contributed by atoms with Crippen LogP contribution in [0, 0.1) is 0 Å². The summed E-state index contributed by atoms with van der Waals surface area (Å²) in [5.74, 6) is 5.26. The number of rotatable bonds is 1. The summed E-state index contributed by atoms with van der Waals surface area (Å²) in [6, 6.07) is 0.466. The van der Waals surface area contributed by atoms with Crippen molar-refractivity contribution in [2.24, 2.45) is 5.84 Å². The molecule has 1 saturated heterocycles. The van der Waals surface area contributed by atoms with E-state index in [1.165, 1.54) is 0 Å². The lowest BCUT2D eigenvalue weighted by Gasteiger charge is -2.26. The summed E-state index contributed by atoms with van der Waals surface area (Å²) in [7, 11) is 0. The van der Waals surface area contributed by atoms with Crippen molar-refractivity contribution in [3.8, 4) is 0 Å². The molecular formula is C6H15ClN2O. The molecule has 1 aliphatic heterocycles. The third-order valence-corrected chi connectivity index (χ3v) is 1.72. The van der Waals surface area contributed by atoms with Crippen molar-refractivity contribution in [2.75, 3.05) is 6.61 Å². The highest BCUT2D eigenvalue weighted by atomic mass is 35.5. The quantitative estimate of drug-likeness (QED) is 0.439. The van der Waals surface area contributed by atoms with Gasteiger partial charge in [-0.05, 0) is 19.8 Å². The summed E-state index contributed by atoms with van der Waals surface area (Å²) in [4.78, 5) is 0. The molecule has 0 aromatic rings. The van der Waals surface area contributed by atoms with Gasteiger partial charge in [-0.3, -0.25) is 11.3 Å². The third-order valence-electron chi connectivity index (χ3n) is 1.72. The molecule has 1 fully saturated rings. The molecule has 0 aromatic carbocycles. The maximum atomic E-state index is 5.31. The van der Waals surface area contributed by atoms with E-state index in [4.69, 9.17) is 10.6 Å². The summed E-state index contributed by atoms with van der Waals surface area (Å²) in [5, 5.41) is 0. The van der Waals surface area contributed by atoms with Crippen LogP contribution in [0.1, 0.15) is 19.8 Å². The molecule has 1 aliphatic rings. The highest BCUT2D eigenvalue weighted by Gasteiger charge is 2.16. The lowest BCUT2D eigenvalue weighted by Crippen LogP contribution is -2.41. The normalized spacial score (nSPS) is 33.0. The van der Waals surface area contributed by atoms with Gasteiger partial charge in [-0.15, -0.1) is 12.4 Å². The van der Waals surface area contributed by atoms with Gasteiger partial charge in [0.15, 0.2) is 0 Å². The number of halogens is 1. The Hall–Kier alpha value is 0.170. The molecule has 0 unspecified atom stereocenters. The van der Waals surface area contributed by atoms with Crippen LogP contribution in [-0.4, -0.2) is 18.8 Å². The zero-order valence-corrected chi connectivity index (χ0v) is 6.99. The monoisotopic (exact) mass is 166 g/mol. The predicted molar refractivity (Wildman–Crippen MR) is 43.0 cm³/mol. The molecule has 2 atom stereocenters. The molecule has 0 aliphatic carbocycles. The van der Waals surface area contributed by atoms with Gasteiger partial charge in [0.1, 0.15) is 0 Å². The minimum atomic E-state index is 0. The fourth-order valence-electron chi connectivity index (χ4n) is 1.15. The largest absolute Gasteiger partial charge is 0.378 e. The second-order valence-corrected chi connectivity index (χ2v) is 2.57. The van der Waals surface area contributed by atoms with Crippen LogP contribution < -0.4 is 11.3 Å². The van der Waals surface area contributed by atoms with Crippen LogP contribution in [0.5, 0.6) is 0 Å². The van der Waals surface area contributed by atoms with Gasteiger partial charge >= 0.3 is 0 Å². The van der Waals surface area contributed by atoms with Gasteiger partial charge in [0.05, 0.1) is 6.10 Å². The first-order chi connectivity index (χ1) is 4.33. The van der Waals surface area contributed by atoms with Crippen LogP contribution in [0.15, 0.2) is 0 Å². The Labute approximate surface area is 67.7 Å². The van der Waals surface area contributed by atoms with Gasteiger partial charge in [-0.25, -0.2) is 0 Å². The third kappa shape index (κ3) is 2.84. The second-order valence-electron chi connectivity index (χ2n) is 2.57. The van der Waals surface area contributed by atoms with E-state index in [0.717, 1.165) is 19.4 Å². The summed E-state index contributed by atoms with van der Waals surface area (Å²) in [5.41, 5.74) is 2.75. The maximum Gasteiger partial charge on any atom is 0.0562 e. The van der Waals surface area contributed by atoms with Gasteiger partial charge < -0.3 is 4.74 Å². The van der Waals surface area contributed by atoms with Crippen LogP contribution in [0.4, 0.5) is 0 Å². The average Bonchev–Trinajstić information content (AvgIpc) is 1.88. The topological polar surface area (TPSA) is 47.3 Å². The van der Waals surface area contributed by atoms with Crippen molar-refractivity contribution in [1.29, 1.82) is 0 Å². The highest BCUT2D eigenvalue weighted by molar-refractivity contribution is 5.85. The number of hydrogen-bond acceptors (Lipinski definition) is 3. The van der Waals surface area contributed by atoms with E-state index < -0.39 is 0 Å². The van der Waals surface area contributed by atoms with E-state index in [0.29, 0.717) is 12.1 Å². The molecule has 62 valence electrons. The van der Waals surface area contributed by atoms with Gasteiger partial charge in [-0.1, -0.05) is 0 Å². The minimum Gasteiger partial charge on any atom is -0.378 e. The standard InChI is InChI=1S/C6H14N2O.ClH/c1-5-4-6(8-7)2-3-9-5;/h5-6,8H,2-4,7H2,1H3;1H/t5-,6+;/m0./s1. The molecule has 1 heterocycles. The fraction of sp³-hybridized carbons (Fsp3) is 1.00. The molecule has 0 saturated carbocycles. The maximum absolute atomic E-state index is 5.31.